The van der Waals surface area contributed by atoms with Gasteiger partial charge in [-0.1, -0.05) is 0 Å². The smallest absolute Gasteiger partial charge is 0.0604 e. The number of nitrogens with one attached hydrogen (secondary N) is 2. The molecule has 0 spiro atoms. The first-order valence-corrected chi connectivity index (χ1v) is 8.22. The molecule has 9 N–H and O–H groups in total. The molecule has 0 aliphatic carbocycles. The molecule has 0 radical (unpaired) electrons. The lowest BCUT2D eigenvalue weighted by Gasteiger charge is -2.17. The molecule has 0 aliphatic heterocycles. The van der Waals surface area contributed by atoms with Crippen LogP contribution in [-0.2, 0) is 6.42 Å². The van der Waals surface area contributed by atoms with Crippen molar-refractivity contribution in [2.45, 2.75) is 6.42 Å². The summed E-state index contributed by atoms with van der Waals surface area (Å²) in [6, 6.07) is 9.30. The minimum absolute atomic E-state index is 0.0147. The molecule has 2 aromatic rings. The van der Waals surface area contributed by atoms with Gasteiger partial charge >= 0.3 is 0 Å². The highest BCUT2D eigenvalue weighted by molar-refractivity contribution is 5.81. The van der Waals surface area contributed by atoms with Crippen molar-refractivity contribution < 1.29 is 15.3 Å². The Morgan fingerprint density at radius 2 is 1.36 bits per heavy atom. The van der Waals surface area contributed by atoms with E-state index in [0.717, 1.165) is 28.1 Å². The zero-order valence-corrected chi connectivity index (χ0v) is 14.1. The highest BCUT2D eigenvalue weighted by Crippen LogP contribution is 2.34. The number of aliphatic hydroxyl groups excluding tert-OH is 3. The van der Waals surface area contributed by atoms with Crippen LogP contribution < -0.4 is 22.1 Å². The van der Waals surface area contributed by atoms with Crippen LogP contribution in [-0.4, -0.2) is 48.2 Å². The first kappa shape index (κ1) is 18.9. The first-order chi connectivity index (χ1) is 12.1. The quantitative estimate of drug-likeness (QED) is 0.334. The van der Waals surface area contributed by atoms with Gasteiger partial charge in [0.25, 0.3) is 0 Å². The maximum atomic E-state index is 9.36. The predicted octanol–water partition coefficient (Wildman–Crippen LogP) is 0.861. The average molecular weight is 346 g/mol. The maximum absolute atomic E-state index is 9.36. The van der Waals surface area contributed by atoms with Gasteiger partial charge in [-0.05, 0) is 53.4 Å². The largest absolute Gasteiger partial charge is 0.399 e. The number of nitrogen functional groups attached to an aromatic ring is 2. The van der Waals surface area contributed by atoms with E-state index in [-0.39, 0.29) is 19.8 Å². The van der Waals surface area contributed by atoms with Crippen LogP contribution in [0.2, 0.25) is 0 Å². The Bertz CT molecular complexity index is 681. The Morgan fingerprint density at radius 3 is 1.88 bits per heavy atom. The van der Waals surface area contributed by atoms with E-state index in [9.17, 15) is 5.11 Å². The Balaban J connectivity index is 2.52. The second-order valence-electron chi connectivity index (χ2n) is 5.71. The lowest BCUT2D eigenvalue weighted by Crippen LogP contribution is -2.09. The van der Waals surface area contributed by atoms with Gasteiger partial charge in [0, 0.05) is 42.4 Å². The van der Waals surface area contributed by atoms with Crippen LogP contribution >= 0.6 is 0 Å². The van der Waals surface area contributed by atoms with Crippen LogP contribution in [0.3, 0.4) is 0 Å². The van der Waals surface area contributed by atoms with Gasteiger partial charge in [0.2, 0.25) is 0 Å². The monoisotopic (exact) mass is 346 g/mol. The van der Waals surface area contributed by atoms with Gasteiger partial charge < -0.3 is 37.4 Å². The summed E-state index contributed by atoms with van der Waals surface area (Å²) in [7, 11) is 0. The Morgan fingerprint density at radius 1 is 0.760 bits per heavy atom. The van der Waals surface area contributed by atoms with Crippen LogP contribution in [0.1, 0.15) is 5.56 Å². The van der Waals surface area contributed by atoms with Crippen LogP contribution in [0, 0.1) is 0 Å². The summed E-state index contributed by atoms with van der Waals surface area (Å²) in [5.41, 5.74) is 17.4. The third-order valence-electron chi connectivity index (χ3n) is 3.79. The second kappa shape index (κ2) is 9.12. The van der Waals surface area contributed by atoms with Crippen molar-refractivity contribution in [3.8, 4) is 11.1 Å². The van der Waals surface area contributed by atoms with Gasteiger partial charge in [0.05, 0.1) is 13.2 Å². The number of hydrogen-bond acceptors (Lipinski definition) is 7. The zero-order valence-electron chi connectivity index (χ0n) is 14.1. The minimum atomic E-state index is -0.0147. The minimum Gasteiger partial charge on any atom is -0.399 e. The molecule has 136 valence electrons. The van der Waals surface area contributed by atoms with Crippen LogP contribution in [0.25, 0.3) is 11.1 Å². The molecule has 0 saturated heterocycles. The van der Waals surface area contributed by atoms with Crippen molar-refractivity contribution in [1.82, 2.24) is 0 Å². The van der Waals surface area contributed by atoms with Crippen molar-refractivity contribution in [3.05, 3.63) is 35.9 Å². The fourth-order valence-corrected chi connectivity index (χ4v) is 2.75. The molecule has 7 nitrogen and oxygen atoms in total. The summed E-state index contributed by atoms with van der Waals surface area (Å²) in [4.78, 5) is 0. The van der Waals surface area contributed by atoms with E-state index < -0.39 is 0 Å². The second-order valence-corrected chi connectivity index (χ2v) is 5.71. The van der Waals surface area contributed by atoms with Crippen molar-refractivity contribution in [2.75, 3.05) is 55.0 Å². The highest BCUT2D eigenvalue weighted by Gasteiger charge is 2.12. The zero-order chi connectivity index (χ0) is 18.2. The lowest BCUT2D eigenvalue weighted by atomic mass is 9.94. The molecule has 0 unspecified atom stereocenters. The fourth-order valence-electron chi connectivity index (χ4n) is 2.75. The molecule has 0 fully saturated rings. The molecule has 0 atom stereocenters. The molecule has 7 heteroatoms. The number of hydrogen-bond donors (Lipinski definition) is 7. The predicted molar refractivity (Wildman–Crippen MR) is 103 cm³/mol. The van der Waals surface area contributed by atoms with Crippen LogP contribution in [0.15, 0.2) is 30.3 Å². The van der Waals surface area contributed by atoms with E-state index in [1.807, 2.05) is 24.3 Å². The van der Waals surface area contributed by atoms with E-state index in [1.165, 1.54) is 0 Å². The number of benzene rings is 2. The Kier molecular flexibility index (Phi) is 6.88. The molecular weight excluding hydrogens is 320 g/mol. The number of aliphatic hydroxyl groups is 3. The Hall–Kier alpha value is -2.48. The average Bonchev–Trinajstić information content (AvgIpc) is 2.60. The molecule has 0 bridgehead atoms. The molecular formula is C18H26N4O3. The molecule has 0 amide bonds. The molecule has 0 heterocycles. The van der Waals surface area contributed by atoms with Gasteiger partial charge in [-0.3, -0.25) is 0 Å². The van der Waals surface area contributed by atoms with Gasteiger partial charge in [0.1, 0.15) is 0 Å². The molecule has 0 aliphatic rings. The van der Waals surface area contributed by atoms with E-state index in [4.69, 9.17) is 21.7 Å². The SMILES string of the molecule is Nc1cc(N)c(CCO)c(-c2cc(NCCO)cc(NCCO)c2)c1. The molecule has 25 heavy (non-hydrogen) atoms. The third-order valence-corrected chi connectivity index (χ3v) is 3.79. The summed E-state index contributed by atoms with van der Waals surface area (Å²) in [5, 5.41) is 33.7. The van der Waals surface area contributed by atoms with Gasteiger partial charge in [-0.25, -0.2) is 0 Å². The van der Waals surface area contributed by atoms with E-state index >= 15 is 0 Å². The van der Waals surface area contributed by atoms with Crippen LogP contribution in [0.5, 0.6) is 0 Å². The normalized spacial score (nSPS) is 10.7. The first-order valence-electron chi connectivity index (χ1n) is 8.22. The van der Waals surface area contributed by atoms with Gasteiger partial charge in [-0.15, -0.1) is 0 Å². The molecule has 2 rings (SSSR count). The third kappa shape index (κ3) is 4.99. The lowest BCUT2D eigenvalue weighted by molar-refractivity contribution is 0.300. The number of nitrogens with two attached hydrogens (primary N) is 2. The summed E-state index contributed by atoms with van der Waals surface area (Å²) in [5.74, 6) is 0. The summed E-state index contributed by atoms with van der Waals surface area (Å²) in [6.45, 7) is 0.866. The number of anilines is 4. The summed E-state index contributed by atoms with van der Waals surface area (Å²) < 4.78 is 0. The van der Waals surface area contributed by atoms with E-state index in [2.05, 4.69) is 10.6 Å². The van der Waals surface area contributed by atoms with E-state index in [1.54, 1.807) is 6.07 Å². The van der Waals surface area contributed by atoms with Crippen LogP contribution in [0.4, 0.5) is 22.7 Å². The van der Waals surface area contributed by atoms with Crippen molar-refractivity contribution >= 4 is 22.7 Å². The summed E-state index contributed by atoms with van der Waals surface area (Å²) in [6.07, 6.45) is 0.426. The fraction of sp³-hybridized carbons (Fsp3) is 0.333. The standard InChI is InChI=1S/C18H26N4O3/c19-13-9-17(16(1-4-23)18(20)10-13)12-7-14(21-2-5-24)11-15(8-12)22-3-6-25/h7-11,21-25H,1-6,19-20H2. The Labute approximate surface area is 147 Å². The highest BCUT2D eigenvalue weighted by atomic mass is 16.3. The molecule has 0 saturated carbocycles. The van der Waals surface area contributed by atoms with Crippen molar-refractivity contribution in [1.29, 1.82) is 0 Å². The van der Waals surface area contributed by atoms with Gasteiger partial charge in [-0.2, -0.15) is 0 Å². The van der Waals surface area contributed by atoms with Gasteiger partial charge in [0.15, 0.2) is 0 Å². The number of rotatable bonds is 9. The van der Waals surface area contributed by atoms with Crippen molar-refractivity contribution in [3.63, 3.8) is 0 Å². The topological polar surface area (TPSA) is 137 Å². The van der Waals surface area contributed by atoms with E-state index in [0.29, 0.717) is 30.9 Å². The van der Waals surface area contributed by atoms with Crippen molar-refractivity contribution in [2.24, 2.45) is 0 Å². The summed E-state index contributed by atoms with van der Waals surface area (Å²) >= 11 is 0. The molecule has 0 aromatic heterocycles. The maximum Gasteiger partial charge on any atom is 0.0604 e. The molecule has 2 aromatic carbocycles.